The zero-order valence-electron chi connectivity index (χ0n) is 17.2. The fourth-order valence-corrected chi connectivity index (χ4v) is 3.06. The van der Waals surface area contributed by atoms with Gasteiger partial charge >= 0.3 is 0 Å². The zero-order valence-corrected chi connectivity index (χ0v) is 19.6. The second-order valence-electron chi connectivity index (χ2n) is 6.70. The molecule has 174 valence electrons. The van der Waals surface area contributed by atoms with E-state index in [0.717, 1.165) is 12.1 Å². The number of halogens is 4. The van der Waals surface area contributed by atoms with Crippen LogP contribution >= 0.6 is 24.0 Å². The summed E-state index contributed by atoms with van der Waals surface area (Å²) >= 11 is 0. The molecule has 0 bridgehead atoms. The molecule has 1 aliphatic rings. The molecule has 2 amide bonds. The average Bonchev–Trinajstić information content (AvgIpc) is 3.32. The third-order valence-corrected chi connectivity index (χ3v) is 4.61. The molecule has 0 spiro atoms. The Balaban J connectivity index is 0.00000363. The van der Waals surface area contributed by atoms with Crippen LogP contribution in [0.5, 0.6) is 0 Å². The summed E-state index contributed by atoms with van der Waals surface area (Å²) in [6.45, 7) is 3.90. The second-order valence-corrected chi connectivity index (χ2v) is 6.70. The van der Waals surface area contributed by atoms with Crippen LogP contribution in [0.4, 0.5) is 18.9 Å². The number of rotatable bonds is 5. The third kappa shape index (κ3) is 6.14. The third-order valence-electron chi connectivity index (χ3n) is 4.61. The smallest absolute Gasteiger partial charge is 0.289 e. The van der Waals surface area contributed by atoms with Crippen molar-refractivity contribution < 1.29 is 27.2 Å². The molecule has 1 aromatic carbocycles. The van der Waals surface area contributed by atoms with Gasteiger partial charge in [0.05, 0.1) is 12.0 Å². The van der Waals surface area contributed by atoms with Gasteiger partial charge in [0.2, 0.25) is 5.91 Å². The van der Waals surface area contributed by atoms with E-state index in [9.17, 15) is 22.8 Å². The molecule has 0 radical (unpaired) electrons. The van der Waals surface area contributed by atoms with Crippen molar-refractivity contribution in [3.63, 3.8) is 0 Å². The van der Waals surface area contributed by atoms with E-state index in [2.05, 4.69) is 15.6 Å². The van der Waals surface area contributed by atoms with Gasteiger partial charge in [-0.2, -0.15) is 0 Å². The average molecular weight is 565 g/mol. The van der Waals surface area contributed by atoms with E-state index in [1.54, 1.807) is 17.0 Å². The number of furan rings is 1. The number of benzene rings is 1. The Morgan fingerprint density at radius 1 is 1.06 bits per heavy atom. The standard InChI is InChI=1S/C20H22F3N5O3.HI/c1-2-24-20(25-12-16(29)26-14-6-5-13(21)17(22)18(14)23)28-9-7-27(8-10-28)19(30)15-4-3-11-31-15;/h3-6,11H,2,7-10,12H2,1H3,(H,24,25)(H,26,29);1H. The maximum atomic E-state index is 13.7. The summed E-state index contributed by atoms with van der Waals surface area (Å²) in [5.74, 6) is -4.62. The topological polar surface area (TPSA) is 90.2 Å². The highest BCUT2D eigenvalue weighted by Gasteiger charge is 2.25. The summed E-state index contributed by atoms with van der Waals surface area (Å²) in [5, 5.41) is 5.24. The van der Waals surface area contributed by atoms with Crippen molar-refractivity contribution in [1.29, 1.82) is 0 Å². The molecule has 12 heteroatoms. The van der Waals surface area contributed by atoms with Crippen LogP contribution in [0.15, 0.2) is 39.9 Å². The van der Waals surface area contributed by atoms with Crippen LogP contribution in [-0.4, -0.2) is 66.8 Å². The van der Waals surface area contributed by atoms with Crippen molar-refractivity contribution in [2.75, 3.05) is 44.6 Å². The van der Waals surface area contributed by atoms with Crippen LogP contribution in [0.3, 0.4) is 0 Å². The largest absolute Gasteiger partial charge is 0.459 e. The molecule has 2 N–H and O–H groups in total. The molecule has 2 aromatic rings. The molecule has 8 nitrogen and oxygen atoms in total. The zero-order chi connectivity index (χ0) is 22.4. The van der Waals surface area contributed by atoms with Crippen LogP contribution in [0.2, 0.25) is 0 Å². The Morgan fingerprint density at radius 2 is 1.75 bits per heavy atom. The van der Waals surface area contributed by atoms with Gasteiger partial charge in [-0.25, -0.2) is 18.2 Å². The Morgan fingerprint density at radius 3 is 2.38 bits per heavy atom. The summed E-state index contributed by atoms with van der Waals surface area (Å²) in [7, 11) is 0. The van der Waals surface area contributed by atoms with Crippen molar-refractivity contribution in [2.45, 2.75) is 6.92 Å². The van der Waals surface area contributed by atoms with Gasteiger partial charge in [0.15, 0.2) is 29.2 Å². The van der Waals surface area contributed by atoms with E-state index >= 15 is 0 Å². The summed E-state index contributed by atoms with van der Waals surface area (Å²) in [6.07, 6.45) is 1.44. The maximum Gasteiger partial charge on any atom is 0.289 e. The summed E-state index contributed by atoms with van der Waals surface area (Å²) in [6, 6.07) is 4.92. The highest BCUT2D eigenvalue weighted by atomic mass is 127. The van der Waals surface area contributed by atoms with Gasteiger partial charge in [-0.3, -0.25) is 9.59 Å². The van der Waals surface area contributed by atoms with Crippen LogP contribution in [0.25, 0.3) is 0 Å². The minimum Gasteiger partial charge on any atom is -0.459 e. The lowest BCUT2D eigenvalue weighted by atomic mass is 10.2. The van der Waals surface area contributed by atoms with Gasteiger partial charge in [-0.05, 0) is 31.2 Å². The lowest BCUT2D eigenvalue weighted by Gasteiger charge is -2.36. The summed E-state index contributed by atoms with van der Waals surface area (Å²) in [5.41, 5.74) is -0.464. The van der Waals surface area contributed by atoms with E-state index in [1.807, 2.05) is 11.8 Å². The van der Waals surface area contributed by atoms with E-state index in [-0.39, 0.29) is 42.2 Å². The molecule has 0 aliphatic carbocycles. The Labute approximate surface area is 199 Å². The monoisotopic (exact) mass is 565 g/mol. The number of hydrogen-bond donors (Lipinski definition) is 2. The molecule has 3 rings (SSSR count). The van der Waals surface area contributed by atoms with Crippen LogP contribution in [-0.2, 0) is 4.79 Å². The van der Waals surface area contributed by atoms with Crippen LogP contribution < -0.4 is 10.6 Å². The van der Waals surface area contributed by atoms with Gasteiger partial charge in [0.25, 0.3) is 5.91 Å². The van der Waals surface area contributed by atoms with Gasteiger partial charge in [0.1, 0.15) is 6.54 Å². The van der Waals surface area contributed by atoms with Gasteiger partial charge in [-0.15, -0.1) is 24.0 Å². The lowest BCUT2D eigenvalue weighted by molar-refractivity contribution is -0.114. The number of nitrogens with one attached hydrogen (secondary N) is 2. The SMILES string of the molecule is CCNC(=NCC(=O)Nc1ccc(F)c(F)c1F)N1CCN(C(=O)c2ccco2)CC1.I. The predicted octanol–water partition coefficient (Wildman–Crippen LogP) is 2.68. The fourth-order valence-electron chi connectivity index (χ4n) is 3.06. The minimum atomic E-state index is -1.66. The molecule has 2 heterocycles. The van der Waals surface area contributed by atoms with Crippen molar-refractivity contribution in [3.8, 4) is 0 Å². The minimum absolute atomic E-state index is 0. The number of guanidine groups is 1. The van der Waals surface area contributed by atoms with E-state index < -0.39 is 29.0 Å². The Kier molecular flexibility index (Phi) is 9.35. The van der Waals surface area contributed by atoms with E-state index in [0.29, 0.717) is 38.7 Å². The van der Waals surface area contributed by atoms with Crippen LogP contribution in [0.1, 0.15) is 17.5 Å². The molecular weight excluding hydrogens is 542 g/mol. The second kappa shape index (κ2) is 11.7. The first-order valence-corrected chi connectivity index (χ1v) is 9.70. The number of amides is 2. The van der Waals surface area contributed by atoms with Crippen molar-refractivity contribution in [2.24, 2.45) is 4.99 Å². The molecule has 1 saturated heterocycles. The highest BCUT2D eigenvalue weighted by Crippen LogP contribution is 2.19. The number of aliphatic imine (C=N–C) groups is 1. The molecule has 1 fully saturated rings. The van der Waals surface area contributed by atoms with Gasteiger partial charge < -0.3 is 24.9 Å². The quantitative estimate of drug-likeness (QED) is 0.252. The molecule has 0 saturated carbocycles. The van der Waals surface area contributed by atoms with Crippen molar-refractivity contribution in [3.05, 3.63) is 53.7 Å². The normalized spacial score (nSPS) is 14.1. The van der Waals surface area contributed by atoms with Crippen LogP contribution in [0, 0.1) is 17.5 Å². The molecular formula is C20H23F3IN5O3. The molecule has 32 heavy (non-hydrogen) atoms. The predicted molar refractivity (Wildman–Crippen MR) is 123 cm³/mol. The number of carbonyl (C=O) groups excluding carboxylic acids is 2. The maximum absolute atomic E-state index is 13.7. The number of hydrogen-bond acceptors (Lipinski definition) is 4. The number of piperazine rings is 1. The van der Waals surface area contributed by atoms with Crippen molar-refractivity contribution >= 4 is 47.4 Å². The van der Waals surface area contributed by atoms with Crippen molar-refractivity contribution in [1.82, 2.24) is 15.1 Å². The van der Waals surface area contributed by atoms with E-state index in [1.165, 1.54) is 6.26 Å². The first-order chi connectivity index (χ1) is 14.9. The van der Waals surface area contributed by atoms with Gasteiger partial charge in [0, 0.05) is 32.7 Å². The lowest BCUT2D eigenvalue weighted by Crippen LogP contribution is -2.53. The van der Waals surface area contributed by atoms with E-state index in [4.69, 9.17) is 4.42 Å². The fraction of sp³-hybridized carbons (Fsp3) is 0.350. The highest BCUT2D eigenvalue weighted by molar-refractivity contribution is 14.0. The first kappa shape index (κ1) is 25.5. The number of carbonyl (C=O) groups is 2. The first-order valence-electron chi connectivity index (χ1n) is 9.70. The molecule has 0 unspecified atom stereocenters. The molecule has 0 atom stereocenters. The number of nitrogens with zero attached hydrogens (tertiary/aromatic N) is 3. The molecule has 1 aromatic heterocycles. The van der Waals surface area contributed by atoms with Gasteiger partial charge in [-0.1, -0.05) is 0 Å². The Bertz CT molecular complexity index is 964. The number of anilines is 1. The Hall–Kier alpha value is -2.77. The summed E-state index contributed by atoms with van der Waals surface area (Å²) in [4.78, 5) is 32.3. The summed E-state index contributed by atoms with van der Waals surface area (Å²) < 4.78 is 45.2. The molecule has 1 aliphatic heterocycles.